The largest absolute Gasteiger partial charge is 0.445 e. The van der Waals surface area contributed by atoms with Gasteiger partial charge in [-0.2, -0.15) is 4.99 Å². The molecule has 2 N–H and O–H groups in total. The molecule has 0 saturated carbocycles. The van der Waals surface area contributed by atoms with Gasteiger partial charge in [-0.3, -0.25) is 4.90 Å². The van der Waals surface area contributed by atoms with E-state index in [1.165, 1.54) is 17.0 Å². The number of carbonyl (C=O) groups excluding carboxylic acids is 2. The number of aliphatic imine (C=N–C) groups is 1. The fraction of sp³-hybridized carbons (Fsp3) is 0.318. The van der Waals surface area contributed by atoms with Crippen molar-refractivity contribution in [2.45, 2.75) is 38.0 Å². The number of anilines is 1. The summed E-state index contributed by atoms with van der Waals surface area (Å²) in [6.07, 6.45) is 0.346. The van der Waals surface area contributed by atoms with Gasteiger partial charge in [-0.05, 0) is 43.5 Å². The molecule has 2 aliphatic heterocycles. The maximum absolute atomic E-state index is 13.8. The van der Waals surface area contributed by atoms with E-state index < -0.39 is 23.5 Å². The summed E-state index contributed by atoms with van der Waals surface area (Å²) in [5, 5.41) is 0. The minimum atomic E-state index is -0.888. The van der Waals surface area contributed by atoms with Gasteiger partial charge >= 0.3 is 12.1 Å². The number of rotatable bonds is 3. The molecule has 2 atom stereocenters. The summed E-state index contributed by atoms with van der Waals surface area (Å²) in [7, 11) is 0. The first-order chi connectivity index (χ1) is 14.4. The van der Waals surface area contributed by atoms with Crippen LogP contribution in [0.2, 0.25) is 0 Å². The third-order valence-electron chi connectivity index (χ3n) is 5.75. The van der Waals surface area contributed by atoms with Gasteiger partial charge in [0, 0.05) is 18.3 Å². The third-order valence-corrected chi connectivity index (χ3v) is 5.75. The van der Waals surface area contributed by atoms with Crippen LogP contribution in [0.25, 0.3) is 0 Å². The quantitative estimate of drug-likeness (QED) is 0.836. The number of nitrogens with zero attached hydrogens (tertiary/aromatic N) is 3. The van der Waals surface area contributed by atoms with Gasteiger partial charge in [0.15, 0.2) is 0 Å². The minimum absolute atomic E-state index is 0.186. The molecule has 2 aliphatic rings. The van der Waals surface area contributed by atoms with Crippen LogP contribution in [-0.4, -0.2) is 41.0 Å². The first-order valence-corrected chi connectivity index (χ1v) is 9.82. The van der Waals surface area contributed by atoms with Crippen LogP contribution in [0.3, 0.4) is 0 Å². The summed E-state index contributed by atoms with van der Waals surface area (Å²) in [5.41, 5.74) is 6.59. The average Bonchev–Trinajstić information content (AvgIpc) is 2.96. The van der Waals surface area contributed by atoms with Gasteiger partial charge in [-0.25, -0.2) is 14.0 Å². The van der Waals surface area contributed by atoms with E-state index in [-0.39, 0.29) is 18.5 Å². The number of nitrogens with two attached hydrogens (primary N) is 1. The van der Waals surface area contributed by atoms with E-state index in [9.17, 15) is 14.0 Å². The highest BCUT2D eigenvalue weighted by molar-refractivity contribution is 6.15. The van der Waals surface area contributed by atoms with E-state index in [2.05, 4.69) is 4.99 Å². The van der Waals surface area contributed by atoms with Crippen molar-refractivity contribution in [3.8, 4) is 0 Å². The van der Waals surface area contributed by atoms with E-state index in [1.807, 2.05) is 37.3 Å². The zero-order valence-corrected chi connectivity index (χ0v) is 16.6. The zero-order valence-electron chi connectivity index (χ0n) is 16.6. The Labute approximate surface area is 173 Å². The first-order valence-electron chi connectivity index (χ1n) is 9.82. The number of hydrogen-bond donors (Lipinski definition) is 1. The molecule has 0 unspecified atom stereocenters. The molecule has 156 valence electrons. The molecule has 1 fully saturated rings. The lowest BCUT2D eigenvalue weighted by Gasteiger charge is -2.46. The van der Waals surface area contributed by atoms with Gasteiger partial charge in [-0.15, -0.1) is 0 Å². The normalized spacial score (nSPS) is 23.6. The predicted octanol–water partition coefficient (Wildman–Crippen LogP) is 3.68. The number of piperidine rings is 1. The van der Waals surface area contributed by atoms with Crippen molar-refractivity contribution in [1.82, 2.24) is 4.90 Å². The van der Waals surface area contributed by atoms with E-state index in [4.69, 9.17) is 10.5 Å². The average molecular weight is 410 g/mol. The Balaban J connectivity index is 1.50. The van der Waals surface area contributed by atoms with Crippen molar-refractivity contribution in [1.29, 1.82) is 0 Å². The SMILES string of the molecule is C[C@@H]1C[C@]2(CCN1C(=O)OCc1ccccc1)C(N)=NC(=O)N2c1cccc(F)c1. The molecule has 1 spiro atoms. The second kappa shape index (κ2) is 7.78. The van der Waals surface area contributed by atoms with E-state index in [0.29, 0.717) is 25.1 Å². The summed E-state index contributed by atoms with van der Waals surface area (Å²) in [4.78, 5) is 32.3. The molecule has 30 heavy (non-hydrogen) atoms. The zero-order chi connectivity index (χ0) is 21.3. The summed E-state index contributed by atoms with van der Waals surface area (Å²) >= 11 is 0. The highest BCUT2D eigenvalue weighted by atomic mass is 19.1. The molecule has 3 amide bonds. The molecule has 2 heterocycles. The monoisotopic (exact) mass is 410 g/mol. The van der Waals surface area contributed by atoms with Crippen LogP contribution >= 0.6 is 0 Å². The molecular weight excluding hydrogens is 387 g/mol. The Morgan fingerprint density at radius 3 is 2.73 bits per heavy atom. The molecule has 2 aromatic rings. The third kappa shape index (κ3) is 3.49. The molecule has 7 nitrogen and oxygen atoms in total. The topological polar surface area (TPSA) is 88.2 Å². The fourth-order valence-electron chi connectivity index (χ4n) is 4.26. The second-order valence-electron chi connectivity index (χ2n) is 7.66. The number of halogens is 1. The Hall–Kier alpha value is -3.42. The lowest BCUT2D eigenvalue weighted by molar-refractivity contribution is 0.0644. The van der Waals surface area contributed by atoms with Gasteiger partial charge < -0.3 is 15.4 Å². The van der Waals surface area contributed by atoms with E-state index in [0.717, 1.165) is 5.56 Å². The number of benzene rings is 2. The molecule has 8 heteroatoms. The van der Waals surface area contributed by atoms with E-state index >= 15 is 0 Å². The van der Waals surface area contributed by atoms with Crippen molar-refractivity contribution < 1.29 is 18.7 Å². The number of ether oxygens (including phenoxy) is 1. The standard InChI is InChI=1S/C22H23FN4O3/c1-15-13-22(10-11-26(15)21(29)30-14-16-6-3-2-4-7-16)19(24)25-20(28)27(22)18-9-5-8-17(23)12-18/h2-9,12,15H,10-11,13-14H2,1H3,(H2,24,25,28)/t15-,22-/m1/s1. The number of likely N-dealkylation sites (tertiary alicyclic amines) is 1. The Bertz CT molecular complexity index is 997. The summed E-state index contributed by atoms with van der Waals surface area (Å²) in [5.74, 6) is -0.253. The fourth-order valence-corrected chi connectivity index (χ4v) is 4.26. The van der Waals surface area contributed by atoms with Crippen molar-refractivity contribution >= 4 is 23.6 Å². The highest BCUT2D eigenvalue weighted by Crippen LogP contribution is 2.40. The molecule has 0 aliphatic carbocycles. The number of hydrogen-bond acceptors (Lipinski definition) is 4. The molecular formula is C22H23FN4O3. The summed E-state index contributed by atoms with van der Waals surface area (Å²) < 4.78 is 19.3. The maximum atomic E-state index is 13.8. The van der Waals surface area contributed by atoms with Gasteiger partial charge in [0.05, 0.1) is 0 Å². The number of urea groups is 1. The molecule has 4 rings (SSSR count). The minimum Gasteiger partial charge on any atom is -0.445 e. The maximum Gasteiger partial charge on any atom is 0.410 e. The van der Waals surface area contributed by atoms with Crippen LogP contribution < -0.4 is 10.6 Å². The lowest BCUT2D eigenvalue weighted by Crippen LogP contribution is -2.63. The lowest BCUT2D eigenvalue weighted by atomic mass is 9.81. The van der Waals surface area contributed by atoms with Gasteiger partial charge in [-0.1, -0.05) is 36.4 Å². The van der Waals surface area contributed by atoms with Crippen molar-refractivity contribution in [2.24, 2.45) is 10.7 Å². The van der Waals surface area contributed by atoms with Crippen LogP contribution in [0.5, 0.6) is 0 Å². The predicted molar refractivity (Wildman–Crippen MR) is 111 cm³/mol. The second-order valence-corrected chi connectivity index (χ2v) is 7.66. The molecule has 0 bridgehead atoms. The number of amides is 3. The van der Waals surface area contributed by atoms with Crippen LogP contribution in [-0.2, 0) is 11.3 Å². The smallest absolute Gasteiger partial charge is 0.410 e. The number of carbonyl (C=O) groups is 2. The molecule has 1 saturated heterocycles. The highest BCUT2D eigenvalue weighted by Gasteiger charge is 2.53. The van der Waals surface area contributed by atoms with Crippen LogP contribution in [0.4, 0.5) is 19.7 Å². The van der Waals surface area contributed by atoms with Crippen LogP contribution in [0.1, 0.15) is 25.3 Å². The van der Waals surface area contributed by atoms with Gasteiger partial charge in [0.1, 0.15) is 23.8 Å². The van der Waals surface area contributed by atoms with Gasteiger partial charge in [0.25, 0.3) is 0 Å². The Morgan fingerprint density at radius 2 is 2.03 bits per heavy atom. The molecule has 0 aromatic heterocycles. The first kappa shape index (κ1) is 19.9. The summed E-state index contributed by atoms with van der Waals surface area (Å²) in [6.45, 7) is 2.40. The summed E-state index contributed by atoms with van der Waals surface area (Å²) in [6, 6.07) is 14.5. The molecule has 0 radical (unpaired) electrons. The van der Waals surface area contributed by atoms with Crippen LogP contribution in [0, 0.1) is 5.82 Å². The number of amidine groups is 1. The van der Waals surface area contributed by atoms with Crippen molar-refractivity contribution in [3.63, 3.8) is 0 Å². The van der Waals surface area contributed by atoms with Gasteiger partial charge in [0.2, 0.25) is 0 Å². The van der Waals surface area contributed by atoms with E-state index in [1.54, 1.807) is 17.0 Å². The van der Waals surface area contributed by atoms with Crippen molar-refractivity contribution in [3.05, 3.63) is 66.0 Å². The molecule has 2 aromatic carbocycles. The van der Waals surface area contributed by atoms with Crippen molar-refractivity contribution in [2.75, 3.05) is 11.4 Å². The van der Waals surface area contributed by atoms with Crippen LogP contribution in [0.15, 0.2) is 59.6 Å². The Morgan fingerprint density at radius 1 is 1.27 bits per heavy atom. The Kier molecular flexibility index (Phi) is 5.15.